The molecule has 1 saturated heterocycles. The molecule has 1 atom stereocenters. The summed E-state index contributed by atoms with van der Waals surface area (Å²) in [4.78, 5) is 35.0. The van der Waals surface area contributed by atoms with Gasteiger partial charge in [-0.15, -0.1) is 0 Å². The lowest BCUT2D eigenvalue weighted by Crippen LogP contribution is -2.35. The highest BCUT2D eigenvalue weighted by molar-refractivity contribution is 6.07. The smallest absolute Gasteiger partial charge is 0.339 e. The molecule has 3 rings (SSSR count). The van der Waals surface area contributed by atoms with Crippen molar-refractivity contribution >= 4 is 23.4 Å². The second-order valence-corrected chi connectivity index (χ2v) is 6.45. The van der Waals surface area contributed by atoms with Crippen LogP contribution in [-0.4, -0.2) is 42.0 Å². The molecule has 0 radical (unpaired) electrons. The fourth-order valence-electron chi connectivity index (χ4n) is 3.11. The molecule has 0 bridgehead atoms. The van der Waals surface area contributed by atoms with E-state index in [1.165, 1.54) is 19.9 Å². The molecule has 136 valence electrons. The Balaban J connectivity index is 1.79. The predicted octanol–water partition coefficient (Wildman–Crippen LogP) is 2.75. The number of methoxy groups -OCH3 is 1. The number of esters is 1. The fourth-order valence-corrected chi connectivity index (χ4v) is 3.11. The number of carbonyl (C=O) groups is 2. The third-order valence-corrected chi connectivity index (χ3v) is 4.45. The Morgan fingerprint density at radius 3 is 2.85 bits per heavy atom. The molecule has 2 aromatic rings. The van der Waals surface area contributed by atoms with Crippen molar-refractivity contribution in [2.75, 3.05) is 30.4 Å². The highest BCUT2D eigenvalue weighted by Gasteiger charge is 2.20. The lowest BCUT2D eigenvalue weighted by atomic mass is 10.0. The standard InChI is InChI=1S/C19H22N4O3/c1-13-6-5-9-23(11-13)17-10-16(20-12-21-17)18(24)22-15-8-4-3-7-14(15)19(25)26-2/h3-4,7-8,10,12-13H,5-6,9,11H2,1-2H3,(H,22,24). The number of hydrogen-bond acceptors (Lipinski definition) is 6. The Morgan fingerprint density at radius 1 is 1.27 bits per heavy atom. The molecule has 0 spiro atoms. The number of anilines is 2. The van der Waals surface area contributed by atoms with Crippen LogP contribution in [0, 0.1) is 5.92 Å². The number of rotatable bonds is 4. The first-order chi connectivity index (χ1) is 12.6. The molecule has 1 unspecified atom stereocenters. The summed E-state index contributed by atoms with van der Waals surface area (Å²) >= 11 is 0. The molecular formula is C19H22N4O3. The Morgan fingerprint density at radius 2 is 2.08 bits per heavy atom. The van der Waals surface area contributed by atoms with Gasteiger partial charge in [-0.3, -0.25) is 4.79 Å². The van der Waals surface area contributed by atoms with Crippen molar-refractivity contribution in [3.63, 3.8) is 0 Å². The van der Waals surface area contributed by atoms with Gasteiger partial charge in [-0.25, -0.2) is 14.8 Å². The van der Waals surface area contributed by atoms with Gasteiger partial charge in [-0.05, 0) is 30.9 Å². The van der Waals surface area contributed by atoms with E-state index in [9.17, 15) is 9.59 Å². The molecule has 26 heavy (non-hydrogen) atoms. The van der Waals surface area contributed by atoms with Crippen LogP contribution in [0.15, 0.2) is 36.7 Å². The maximum absolute atomic E-state index is 12.6. The van der Waals surface area contributed by atoms with E-state index >= 15 is 0 Å². The van der Waals surface area contributed by atoms with Gasteiger partial charge in [0.2, 0.25) is 0 Å². The highest BCUT2D eigenvalue weighted by atomic mass is 16.5. The lowest BCUT2D eigenvalue weighted by Gasteiger charge is -2.31. The van der Waals surface area contributed by atoms with E-state index in [0.29, 0.717) is 17.2 Å². The van der Waals surface area contributed by atoms with Crippen LogP contribution in [0.2, 0.25) is 0 Å². The first-order valence-corrected chi connectivity index (χ1v) is 8.64. The van der Waals surface area contributed by atoms with Crippen LogP contribution < -0.4 is 10.2 Å². The minimum absolute atomic E-state index is 0.257. The van der Waals surface area contributed by atoms with Crippen LogP contribution >= 0.6 is 0 Å². The summed E-state index contributed by atoms with van der Waals surface area (Å²) in [6, 6.07) is 8.39. The zero-order chi connectivity index (χ0) is 18.5. The van der Waals surface area contributed by atoms with E-state index in [4.69, 9.17) is 4.74 Å². The van der Waals surface area contributed by atoms with E-state index in [-0.39, 0.29) is 5.69 Å². The molecule has 7 heteroatoms. The normalized spacial score (nSPS) is 16.8. The quantitative estimate of drug-likeness (QED) is 0.850. The minimum atomic E-state index is -0.508. The largest absolute Gasteiger partial charge is 0.465 e. The van der Waals surface area contributed by atoms with Crippen LogP contribution in [0.4, 0.5) is 11.5 Å². The van der Waals surface area contributed by atoms with Gasteiger partial charge < -0.3 is 15.0 Å². The number of benzene rings is 1. The summed E-state index contributed by atoms with van der Waals surface area (Å²) in [5.74, 6) is 0.447. The first-order valence-electron chi connectivity index (χ1n) is 8.64. The second-order valence-electron chi connectivity index (χ2n) is 6.45. The summed E-state index contributed by atoms with van der Waals surface area (Å²) in [7, 11) is 1.30. The van der Waals surface area contributed by atoms with E-state index < -0.39 is 11.9 Å². The van der Waals surface area contributed by atoms with Gasteiger partial charge in [-0.2, -0.15) is 0 Å². The molecule has 7 nitrogen and oxygen atoms in total. The third-order valence-electron chi connectivity index (χ3n) is 4.45. The van der Waals surface area contributed by atoms with Gasteiger partial charge in [-0.1, -0.05) is 19.1 Å². The van der Waals surface area contributed by atoms with Crippen molar-refractivity contribution in [2.45, 2.75) is 19.8 Å². The third kappa shape index (κ3) is 3.99. The summed E-state index contributed by atoms with van der Waals surface area (Å²) in [5.41, 5.74) is 0.937. The summed E-state index contributed by atoms with van der Waals surface area (Å²) in [5, 5.41) is 2.73. The van der Waals surface area contributed by atoms with Gasteiger partial charge in [0.05, 0.1) is 18.4 Å². The van der Waals surface area contributed by atoms with E-state index in [0.717, 1.165) is 25.3 Å². The Labute approximate surface area is 152 Å². The zero-order valence-corrected chi connectivity index (χ0v) is 14.9. The van der Waals surface area contributed by atoms with Crippen molar-refractivity contribution in [3.8, 4) is 0 Å². The maximum Gasteiger partial charge on any atom is 0.339 e. The number of hydrogen-bond donors (Lipinski definition) is 1. The second kappa shape index (κ2) is 7.95. The van der Waals surface area contributed by atoms with Gasteiger partial charge in [0.1, 0.15) is 17.8 Å². The number of aromatic nitrogens is 2. The molecule has 0 aliphatic carbocycles. The number of amides is 1. The lowest BCUT2D eigenvalue weighted by molar-refractivity contribution is 0.0602. The Kier molecular flexibility index (Phi) is 5.46. The zero-order valence-electron chi connectivity index (χ0n) is 14.9. The molecule has 1 aliphatic rings. The van der Waals surface area contributed by atoms with Crippen LogP contribution in [0.5, 0.6) is 0 Å². The number of piperidine rings is 1. The molecule has 1 N–H and O–H groups in total. The monoisotopic (exact) mass is 354 g/mol. The number of nitrogens with one attached hydrogen (secondary N) is 1. The van der Waals surface area contributed by atoms with Crippen molar-refractivity contribution in [1.29, 1.82) is 0 Å². The first kappa shape index (κ1) is 17.8. The van der Waals surface area contributed by atoms with Crippen molar-refractivity contribution in [2.24, 2.45) is 5.92 Å². The number of ether oxygens (including phenoxy) is 1. The van der Waals surface area contributed by atoms with Crippen molar-refractivity contribution < 1.29 is 14.3 Å². The van der Waals surface area contributed by atoms with Crippen LogP contribution in [0.25, 0.3) is 0 Å². The molecule has 1 aromatic heterocycles. The van der Waals surface area contributed by atoms with Crippen LogP contribution in [0.3, 0.4) is 0 Å². The minimum Gasteiger partial charge on any atom is -0.465 e. The van der Waals surface area contributed by atoms with E-state index in [1.54, 1.807) is 30.3 Å². The van der Waals surface area contributed by atoms with Crippen LogP contribution in [0.1, 0.15) is 40.6 Å². The SMILES string of the molecule is COC(=O)c1ccccc1NC(=O)c1cc(N2CCCC(C)C2)ncn1. The predicted molar refractivity (Wildman–Crippen MR) is 98.4 cm³/mol. The average molecular weight is 354 g/mol. The van der Waals surface area contributed by atoms with Gasteiger partial charge in [0, 0.05) is 19.2 Å². The van der Waals surface area contributed by atoms with Gasteiger partial charge in [0.15, 0.2) is 0 Å². The fraction of sp³-hybridized carbons (Fsp3) is 0.368. The molecule has 1 fully saturated rings. The van der Waals surface area contributed by atoms with E-state index in [2.05, 4.69) is 27.1 Å². The molecule has 0 saturated carbocycles. The van der Waals surface area contributed by atoms with Gasteiger partial charge in [0.25, 0.3) is 5.91 Å². The number of para-hydroxylation sites is 1. The van der Waals surface area contributed by atoms with Crippen LogP contribution in [-0.2, 0) is 4.74 Å². The number of nitrogens with zero attached hydrogens (tertiary/aromatic N) is 3. The number of carbonyl (C=O) groups excluding carboxylic acids is 2. The molecule has 2 heterocycles. The van der Waals surface area contributed by atoms with Crippen molar-refractivity contribution in [1.82, 2.24) is 9.97 Å². The topological polar surface area (TPSA) is 84.4 Å². The van der Waals surface area contributed by atoms with Gasteiger partial charge >= 0.3 is 5.97 Å². The maximum atomic E-state index is 12.6. The molecular weight excluding hydrogens is 332 g/mol. The molecule has 1 amide bonds. The summed E-state index contributed by atoms with van der Waals surface area (Å²) in [6.07, 6.45) is 3.72. The molecule has 1 aromatic carbocycles. The van der Waals surface area contributed by atoms with E-state index in [1.807, 2.05) is 0 Å². The Bertz CT molecular complexity index is 809. The highest BCUT2D eigenvalue weighted by Crippen LogP contribution is 2.22. The molecule has 1 aliphatic heterocycles. The van der Waals surface area contributed by atoms with Crippen molar-refractivity contribution in [3.05, 3.63) is 47.9 Å². The Hall–Kier alpha value is -2.96. The summed E-state index contributed by atoms with van der Waals surface area (Å²) < 4.78 is 4.75. The average Bonchev–Trinajstić information content (AvgIpc) is 2.68. The summed E-state index contributed by atoms with van der Waals surface area (Å²) in [6.45, 7) is 4.06.